The molecule has 2 nitrogen and oxygen atoms in total. The lowest BCUT2D eigenvalue weighted by Gasteiger charge is -2.15. The highest BCUT2D eigenvalue weighted by Crippen LogP contribution is 2.33. The Labute approximate surface area is 129 Å². The monoisotopic (exact) mass is 305 g/mol. The summed E-state index contributed by atoms with van der Waals surface area (Å²) in [5.41, 5.74) is 9.55. The molecule has 0 aromatic heterocycles. The van der Waals surface area contributed by atoms with Gasteiger partial charge in [0.05, 0.1) is 5.56 Å². The molecule has 0 amide bonds. The molecule has 2 aromatic carbocycles. The van der Waals surface area contributed by atoms with E-state index in [4.69, 9.17) is 34.3 Å². The molecular formula is C16H16ClNOS. The van der Waals surface area contributed by atoms with Crippen LogP contribution in [0.1, 0.15) is 22.3 Å². The van der Waals surface area contributed by atoms with Gasteiger partial charge in [-0.3, -0.25) is 0 Å². The van der Waals surface area contributed by atoms with Gasteiger partial charge in [-0.15, -0.1) is 0 Å². The summed E-state index contributed by atoms with van der Waals surface area (Å²) in [6.07, 6.45) is 0. The number of thiocarbonyl (C=S) groups is 1. The lowest BCUT2D eigenvalue weighted by atomic mass is 10.1. The molecule has 0 aliphatic heterocycles. The minimum absolute atomic E-state index is 0.327. The number of nitrogens with two attached hydrogens (primary N) is 1. The Morgan fingerprint density at radius 3 is 2.25 bits per heavy atom. The third-order valence-electron chi connectivity index (χ3n) is 3.04. The first-order valence-electron chi connectivity index (χ1n) is 6.23. The van der Waals surface area contributed by atoms with Crippen LogP contribution in [0.4, 0.5) is 0 Å². The molecule has 104 valence electrons. The van der Waals surface area contributed by atoms with Crippen LogP contribution in [0.15, 0.2) is 30.3 Å². The fourth-order valence-electron chi connectivity index (χ4n) is 2.09. The molecule has 20 heavy (non-hydrogen) atoms. The highest BCUT2D eigenvalue weighted by Gasteiger charge is 2.12. The predicted octanol–water partition coefficient (Wildman–Crippen LogP) is 4.69. The van der Waals surface area contributed by atoms with E-state index in [1.165, 1.54) is 0 Å². The number of benzene rings is 2. The summed E-state index contributed by atoms with van der Waals surface area (Å²) in [7, 11) is 0. The maximum Gasteiger partial charge on any atom is 0.137 e. The fraction of sp³-hybridized carbons (Fsp3) is 0.188. The minimum Gasteiger partial charge on any atom is -0.456 e. The summed E-state index contributed by atoms with van der Waals surface area (Å²) in [4.78, 5) is 0.327. The number of hydrogen-bond donors (Lipinski definition) is 1. The minimum atomic E-state index is 0.327. The van der Waals surface area contributed by atoms with Gasteiger partial charge in [0.2, 0.25) is 0 Å². The van der Waals surface area contributed by atoms with Crippen LogP contribution < -0.4 is 10.5 Å². The second-order valence-corrected chi connectivity index (χ2v) is 5.71. The first-order chi connectivity index (χ1) is 9.38. The zero-order valence-corrected chi connectivity index (χ0v) is 13.2. The predicted molar refractivity (Wildman–Crippen MR) is 88.1 cm³/mol. The van der Waals surface area contributed by atoms with E-state index in [-0.39, 0.29) is 0 Å². The van der Waals surface area contributed by atoms with Crippen LogP contribution in [0, 0.1) is 20.8 Å². The van der Waals surface area contributed by atoms with Crippen LogP contribution in [0.5, 0.6) is 11.5 Å². The Bertz CT molecular complexity index is 659. The Balaban J connectivity index is 2.48. The van der Waals surface area contributed by atoms with Gasteiger partial charge >= 0.3 is 0 Å². The van der Waals surface area contributed by atoms with Crippen molar-refractivity contribution in [2.24, 2.45) is 5.73 Å². The van der Waals surface area contributed by atoms with Gasteiger partial charge in [0.15, 0.2) is 0 Å². The molecule has 0 bridgehead atoms. The SMILES string of the molecule is Cc1ccc(Oc2c(C)cc(Cl)cc2C)c(C(N)=S)c1. The second-order valence-electron chi connectivity index (χ2n) is 4.83. The van der Waals surface area contributed by atoms with Gasteiger partial charge in [0, 0.05) is 5.02 Å². The van der Waals surface area contributed by atoms with Crippen molar-refractivity contribution in [3.63, 3.8) is 0 Å². The molecule has 0 unspecified atom stereocenters. The van der Waals surface area contributed by atoms with E-state index < -0.39 is 0 Å². The van der Waals surface area contributed by atoms with Crippen LogP contribution in [-0.4, -0.2) is 4.99 Å². The summed E-state index contributed by atoms with van der Waals surface area (Å²) >= 11 is 11.1. The average molecular weight is 306 g/mol. The van der Waals surface area contributed by atoms with Gasteiger partial charge in [-0.05, 0) is 56.2 Å². The van der Waals surface area contributed by atoms with E-state index in [0.717, 1.165) is 28.0 Å². The van der Waals surface area contributed by atoms with E-state index in [1.54, 1.807) is 0 Å². The Hall–Kier alpha value is -1.58. The zero-order valence-electron chi connectivity index (χ0n) is 11.7. The zero-order chi connectivity index (χ0) is 14.9. The van der Waals surface area contributed by atoms with Gasteiger partial charge < -0.3 is 10.5 Å². The van der Waals surface area contributed by atoms with E-state index in [2.05, 4.69) is 0 Å². The topological polar surface area (TPSA) is 35.2 Å². The molecule has 2 rings (SSSR count). The van der Waals surface area contributed by atoms with Gasteiger partial charge in [-0.1, -0.05) is 35.4 Å². The van der Waals surface area contributed by atoms with Crippen molar-refractivity contribution in [2.75, 3.05) is 0 Å². The van der Waals surface area contributed by atoms with Crippen LogP contribution in [-0.2, 0) is 0 Å². The number of halogens is 1. The third-order valence-corrected chi connectivity index (χ3v) is 3.48. The third kappa shape index (κ3) is 3.11. The van der Waals surface area contributed by atoms with Crippen LogP contribution in [0.25, 0.3) is 0 Å². The summed E-state index contributed by atoms with van der Waals surface area (Å²) in [6, 6.07) is 9.53. The molecule has 0 saturated heterocycles. The molecule has 0 fully saturated rings. The van der Waals surface area contributed by atoms with Gasteiger partial charge in [-0.25, -0.2) is 0 Å². The standard InChI is InChI=1S/C16H16ClNOS/c1-9-4-5-14(13(6-9)16(18)20)19-15-10(2)7-12(17)8-11(15)3/h4-8H,1-3H3,(H2,18,20). The van der Waals surface area contributed by atoms with Gasteiger partial charge in [0.1, 0.15) is 16.5 Å². The quantitative estimate of drug-likeness (QED) is 0.835. The van der Waals surface area contributed by atoms with Gasteiger partial charge in [0.25, 0.3) is 0 Å². The van der Waals surface area contributed by atoms with Crippen molar-refractivity contribution >= 4 is 28.8 Å². The molecule has 0 atom stereocenters. The highest BCUT2D eigenvalue weighted by atomic mass is 35.5. The first-order valence-corrected chi connectivity index (χ1v) is 7.02. The molecule has 0 spiro atoms. The number of hydrogen-bond acceptors (Lipinski definition) is 2. The summed E-state index contributed by atoms with van der Waals surface area (Å²) < 4.78 is 6.02. The molecule has 4 heteroatoms. The largest absolute Gasteiger partial charge is 0.456 e. The van der Waals surface area contributed by atoms with Crippen molar-refractivity contribution in [2.45, 2.75) is 20.8 Å². The molecule has 0 heterocycles. The Kier molecular flexibility index (Phi) is 4.31. The molecule has 2 aromatic rings. The Morgan fingerprint density at radius 1 is 1.10 bits per heavy atom. The van der Waals surface area contributed by atoms with Crippen molar-refractivity contribution in [3.05, 3.63) is 57.6 Å². The molecule has 2 N–H and O–H groups in total. The Morgan fingerprint density at radius 2 is 1.70 bits per heavy atom. The number of aryl methyl sites for hydroxylation is 3. The fourth-order valence-corrected chi connectivity index (χ4v) is 2.58. The average Bonchev–Trinajstić information content (AvgIpc) is 2.34. The van der Waals surface area contributed by atoms with Crippen LogP contribution >= 0.6 is 23.8 Å². The second kappa shape index (κ2) is 5.81. The van der Waals surface area contributed by atoms with E-state index in [0.29, 0.717) is 15.8 Å². The first kappa shape index (κ1) is 14.8. The molecule has 0 radical (unpaired) electrons. The van der Waals surface area contributed by atoms with Crippen molar-refractivity contribution in [3.8, 4) is 11.5 Å². The van der Waals surface area contributed by atoms with Gasteiger partial charge in [-0.2, -0.15) is 0 Å². The smallest absolute Gasteiger partial charge is 0.137 e. The lowest BCUT2D eigenvalue weighted by Crippen LogP contribution is -2.11. The van der Waals surface area contributed by atoms with Crippen molar-refractivity contribution < 1.29 is 4.74 Å². The summed E-state index contributed by atoms with van der Waals surface area (Å²) in [5, 5.41) is 0.700. The molecule has 0 saturated carbocycles. The van der Waals surface area contributed by atoms with Crippen molar-refractivity contribution in [1.29, 1.82) is 0 Å². The molecule has 0 aliphatic carbocycles. The molecule has 0 aliphatic rings. The van der Waals surface area contributed by atoms with E-state index in [9.17, 15) is 0 Å². The summed E-state index contributed by atoms with van der Waals surface area (Å²) in [5.74, 6) is 1.45. The lowest BCUT2D eigenvalue weighted by molar-refractivity contribution is 0.474. The van der Waals surface area contributed by atoms with E-state index >= 15 is 0 Å². The normalized spacial score (nSPS) is 10.4. The van der Waals surface area contributed by atoms with Crippen molar-refractivity contribution in [1.82, 2.24) is 0 Å². The van der Waals surface area contributed by atoms with Crippen LogP contribution in [0.2, 0.25) is 5.02 Å². The summed E-state index contributed by atoms with van der Waals surface area (Å²) in [6.45, 7) is 5.91. The maximum atomic E-state index is 6.03. The number of ether oxygens (including phenoxy) is 1. The highest BCUT2D eigenvalue weighted by molar-refractivity contribution is 7.80. The molecular weight excluding hydrogens is 290 g/mol. The number of rotatable bonds is 3. The maximum absolute atomic E-state index is 6.03. The van der Waals surface area contributed by atoms with Crippen LogP contribution in [0.3, 0.4) is 0 Å². The van der Waals surface area contributed by atoms with E-state index in [1.807, 2.05) is 51.1 Å².